The van der Waals surface area contributed by atoms with Gasteiger partial charge in [0.1, 0.15) is 13.2 Å². The van der Waals surface area contributed by atoms with E-state index in [4.69, 9.17) is 9.84 Å². The van der Waals surface area contributed by atoms with Crippen LogP contribution in [0.2, 0.25) is 0 Å². The molecule has 0 saturated heterocycles. The van der Waals surface area contributed by atoms with Crippen molar-refractivity contribution in [1.82, 2.24) is 0 Å². The summed E-state index contributed by atoms with van der Waals surface area (Å²) in [5, 5.41) is 11.1. The molecular formula is C12H14BrNO4. The normalized spacial score (nSPS) is 10.1. The van der Waals surface area contributed by atoms with E-state index in [-0.39, 0.29) is 12.5 Å². The molecule has 0 unspecified atom stereocenters. The van der Waals surface area contributed by atoms with Crippen LogP contribution in [0.1, 0.15) is 12.5 Å². The molecule has 1 rings (SSSR count). The molecule has 18 heavy (non-hydrogen) atoms. The smallest absolute Gasteiger partial charge is 0.329 e. The van der Waals surface area contributed by atoms with E-state index in [0.717, 1.165) is 16.5 Å². The van der Waals surface area contributed by atoms with Gasteiger partial charge in [-0.1, -0.05) is 22.9 Å². The summed E-state index contributed by atoms with van der Waals surface area (Å²) < 4.78 is 5.65. The number of halogens is 1. The van der Waals surface area contributed by atoms with Crippen LogP contribution in [0.5, 0.6) is 0 Å². The number of aliphatic carboxylic acids is 1. The fourth-order valence-corrected chi connectivity index (χ4v) is 1.80. The molecular weight excluding hydrogens is 302 g/mol. The topological polar surface area (TPSA) is 75.6 Å². The second kappa shape index (κ2) is 7.13. The molecule has 0 radical (unpaired) electrons. The summed E-state index contributed by atoms with van der Waals surface area (Å²) in [7, 11) is 0. The maximum absolute atomic E-state index is 11.5. The Morgan fingerprint density at radius 1 is 1.39 bits per heavy atom. The first-order chi connectivity index (χ1) is 8.52. The number of amides is 1. The lowest BCUT2D eigenvalue weighted by molar-refractivity contribution is -0.143. The predicted octanol–water partition coefficient (Wildman–Crippen LogP) is 2.05. The number of aryl methyl sites for hydroxylation is 1. The van der Waals surface area contributed by atoms with E-state index in [1.54, 1.807) is 6.07 Å². The van der Waals surface area contributed by atoms with Gasteiger partial charge in [-0.05, 0) is 30.2 Å². The SMILES string of the molecule is CCc1cc(Br)ccc1NC(=O)COCC(=O)O. The molecule has 98 valence electrons. The minimum Gasteiger partial charge on any atom is -0.480 e. The monoisotopic (exact) mass is 315 g/mol. The molecule has 1 aromatic rings. The van der Waals surface area contributed by atoms with E-state index in [1.807, 2.05) is 19.1 Å². The number of hydrogen-bond donors (Lipinski definition) is 2. The molecule has 2 N–H and O–H groups in total. The van der Waals surface area contributed by atoms with Gasteiger partial charge in [-0.2, -0.15) is 0 Å². The van der Waals surface area contributed by atoms with Gasteiger partial charge in [-0.25, -0.2) is 4.79 Å². The molecule has 0 saturated carbocycles. The van der Waals surface area contributed by atoms with Crippen LogP contribution in [-0.4, -0.2) is 30.2 Å². The Morgan fingerprint density at radius 2 is 2.11 bits per heavy atom. The van der Waals surface area contributed by atoms with Crippen LogP contribution in [0.15, 0.2) is 22.7 Å². The summed E-state index contributed by atoms with van der Waals surface area (Å²) in [5.74, 6) is -1.46. The van der Waals surface area contributed by atoms with Crippen molar-refractivity contribution >= 4 is 33.5 Å². The highest BCUT2D eigenvalue weighted by molar-refractivity contribution is 9.10. The average Bonchev–Trinajstić information content (AvgIpc) is 2.31. The van der Waals surface area contributed by atoms with Gasteiger partial charge in [0, 0.05) is 10.2 Å². The van der Waals surface area contributed by atoms with E-state index in [9.17, 15) is 9.59 Å². The number of carbonyl (C=O) groups is 2. The Bertz CT molecular complexity index is 448. The summed E-state index contributed by atoms with van der Waals surface area (Å²) in [6.45, 7) is 1.23. The molecule has 0 fully saturated rings. The number of carboxylic acid groups (broad SMARTS) is 1. The third-order valence-electron chi connectivity index (χ3n) is 2.18. The summed E-state index contributed by atoms with van der Waals surface area (Å²) in [6, 6.07) is 5.54. The van der Waals surface area contributed by atoms with Gasteiger partial charge >= 0.3 is 5.97 Å². The number of carbonyl (C=O) groups excluding carboxylic acids is 1. The fourth-order valence-electron chi connectivity index (χ4n) is 1.39. The minimum absolute atomic E-state index is 0.272. The Hall–Kier alpha value is -1.40. The second-order valence-electron chi connectivity index (χ2n) is 3.59. The molecule has 0 atom stereocenters. The zero-order chi connectivity index (χ0) is 13.5. The first-order valence-electron chi connectivity index (χ1n) is 5.40. The summed E-state index contributed by atoms with van der Waals surface area (Å²) in [6.07, 6.45) is 0.783. The van der Waals surface area contributed by atoms with E-state index in [1.165, 1.54) is 0 Å². The Morgan fingerprint density at radius 3 is 2.72 bits per heavy atom. The molecule has 0 aliphatic rings. The third kappa shape index (κ3) is 4.85. The van der Waals surface area contributed by atoms with Gasteiger partial charge in [-0.15, -0.1) is 0 Å². The molecule has 1 amide bonds. The highest BCUT2D eigenvalue weighted by Crippen LogP contribution is 2.21. The summed E-state index contributed by atoms with van der Waals surface area (Å²) in [4.78, 5) is 21.7. The van der Waals surface area contributed by atoms with Crippen molar-refractivity contribution in [2.45, 2.75) is 13.3 Å². The van der Waals surface area contributed by atoms with Gasteiger partial charge < -0.3 is 15.2 Å². The zero-order valence-corrected chi connectivity index (χ0v) is 11.5. The van der Waals surface area contributed by atoms with Crippen LogP contribution in [0, 0.1) is 0 Å². The van der Waals surface area contributed by atoms with Gasteiger partial charge in [-0.3, -0.25) is 4.79 Å². The number of carboxylic acids is 1. The lowest BCUT2D eigenvalue weighted by Gasteiger charge is -2.10. The van der Waals surface area contributed by atoms with E-state index in [0.29, 0.717) is 5.69 Å². The van der Waals surface area contributed by atoms with Crippen LogP contribution in [-0.2, 0) is 20.7 Å². The highest BCUT2D eigenvalue weighted by atomic mass is 79.9. The van der Waals surface area contributed by atoms with Gasteiger partial charge in [0.2, 0.25) is 5.91 Å². The first kappa shape index (κ1) is 14.7. The predicted molar refractivity (Wildman–Crippen MR) is 70.6 cm³/mol. The molecule has 0 aliphatic heterocycles. The second-order valence-corrected chi connectivity index (χ2v) is 4.51. The zero-order valence-electron chi connectivity index (χ0n) is 9.90. The molecule has 0 heterocycles. The van der Waals surface area contributed by atoms with Crippen LogP contribution >= 0.6 is 15.9 Å². The Kier molecular flexibility index (Phi) is 5.80. The molecule has 0 aliphatic carbocycles. The lowest BCUT2D eigenvalue weighted by Crippen LogP contribution is -2.21. The number of nitrogens with one attached hydrogen (secondary N) is 1. The summed E-state index contributed by atoms with van der Waals surface area (Å²) >= 11 is 3.36. The van der Waals surface area contributed by atoms with Crippen LogP contribution in [0.25, 0.3) is 0 Å². The standard InChI is InChI=1S/C12H14BrNO4/c1-2-8-5-9(13)3-4-10(8)14-11(15)6-18-7-12(16)17/h3-5H,2,6-7H2,1H3,(H,14,15)(H,16,17). The molecule has 0 bridgehead atoms. The minimum atomic E-state index is -1.10. The quantitative estimate of drug-likeness (QED) is 0.842. The van der Waals surface area contributed by atoms with Crippen LogP contribution in [0.3, 0.4) is 0 Å². The Balaban J connectivity index is 2.56. The van der Waals surface area contributed by atoms with E-state index < -0.39 is 12.6 Å². The largest absolute Gasteiger partial charge is 0.480 e. The van der Waals surface area contributed by atoms with Crippen molar-refractivity contribution in [3.8, 4) is 0 Å². The van der Waals surface area contributed by atoms with Crippen LogP contribution in [0.4, 0.5) is 5.69 Å². The van der Waals surface area contributed by atoms with Crippen molar-refractivity contribution in [3.05, 3.63) is 28.2 Å². The number of benzene rings is 1. The van der Waals surface area contributed by atoms with Crippen molar-refractivity contribution < 1.29 is 19.4 Å². The molecule has 1 aromatic carbocycles. The molecule has 5 nitrogen and oxygen atoms in total. The summed E-state index contributed by atoms with van der Waals surface area (Å²) in [5.41, 5.74) is 1.71. The fraction of sp³-hybridized carbons (Fsp3) is 0.333. The number of hydrogen-bond acceptors (Lipinski definition) is 3. The van der Waals surface area contributed by atoms with Crippen molar-refractivity contribution in [2.75, 3.05) is 18.5 Å². The third-order valence-corrected chi connectivity index (χ3v) is 2.67. The average molecular weight is 316 g/mol. The van der Waals surface area contributed by atoms with E-state index in [2.05, 4.69) is 21.2 Å². The number of anilines is 1. The van der Waals surface area contributed by atoms with Crippen molar-refractivity contribution in [1.29, 1.82) is 0 Å². The maximum Gasteiger partial charge on any atom is 0.329 e. The number of ether oxygens (including phenoxy) is 1. The Labute approximate surface area is 113 Å². The molecule has 0 aromatic heterocycles. The highest BCUT2D eigenvalue weighted by Gasteiger charge is 2.07. The van der Waals surface area contributed by atoms with Gasteiger partial charge in [0.15, 0.2) is 0 Å². The number of rotatable bonds is 6. The first-order valence-corrected chi connectivity index (χ1v) is 6.20. The van der Waals surface area contributed by atoms with Crippen molar-refractivity contribution in [3.63, 3.8) is 0 Å². The van der Waals surface area contributed by atoms with Gasteiger partial charge in [0.05, 0.1) is 0 Å². The van der Waals surface area contributed by atoms with Crippen LogP contribution < -0.4 is 5.32 Å². The maximum atomic E-state index is 11.5. The molecule has 0 spiro atoms. The molecule has 6 heteroatoms. The van der Waals surface area contributed by atoms with Gasteiger partial charge in [0.25, 0.3) is 0 Å². The van der Waals surface area contributed by atoms with Crippen molar-refractivity contribution in [2.24, 2.45) is 0 Å². The lowest BCUT2D eigenvalue weighted by atomic mass is 10.1. The van der Waals surface area contributed by atoms with E-state index >= 15 is 0 Å².